The smallest absolute Gasteiger partial charge is 0.122 e. The predicted molar refractivity (Wildman–Crippen MR) is 75.9 cm³/mol. The fourth-order valence-corrected chi connectivity index (χ4v) is 2.83. The number of nitrogens with zero attached hydrogens (tertiary/aromatic N) is 4. The van der Waals surface area contributed by atoms with Crippen LogP contribution in [0.2, 0.25) is 0 Å². The zero-order valence-corrected chi connectivity index (χ0v) is 11.8. The third-order valence-corrected chi connectivity index (χ3v) is 3.67. The number of methoxy groups -OCH3 is 1. The van der Waals surface area contributed by atoms with Gasteiger partial charge in [0.2, 0.25) is 0 Å². The molecule has 0 bridgehead atoms. The molecule has 106 valence electrons. The van der Waals surface area contributed by atoms with Crippen LogP contribution in [0.1, 0.15) is 11.4 Å². The third kappa shape index (κ3) is 3.05. The van der Waals surface area contributed by atoms with Gasteiger partial charge < -0.3 is 9.30 Å². The van der Waals surface area contributed by atoms with Crippen LogP contribution < -0.4 is 0 Å². The molecule has 0 amide bonds. The van der Waals surface area contributed by atoms with Crippen molar-refractivity contribution in [2.24, 2.45) is 5.92 Å². The summed E-state index contributed by atoms with van der Waals surface area (Å²) in [5.41, 5.74) is 1.24. The molecule has 0 spiro atoms. The zero-order chi connectivity index (χ0) is 13.8. The van der Waals surface area contributed by atoms with Gasteiger partial charge in [-0.2, -0.15) is 0 Å². The molecular formula is C15H20N4O. The van der Waals surface area contributed by atoms with Crippen molar-refractivity contribution in [1.82, 2.24) is 19.4 Å². The van der Waals surface area contributed by atoms with Gasteiger partial charge in [-0.3, -0.25) is 9.88 Å². The Labute approximate surface area is 119 Å². The Morgan fingerprint density at radius 2 is 2.30 bits per heavy atom. The molecule has 0 N–H and O–H groups in total. The number of hydrogen-bond donors (Lipinski definition) is 0. The van der Waals surface area contributed by atoms with Crippen LogP contribution in [0.25, 0.3) is 0 Å². The lowest BCUT2D eigenvalue weighted by atomic mass is 10.1. The van der Waals surface area contributed by atoms with Gasteiger partial charge in [0.25, 0.3) is 0 Å². The maximum Gasteiger partial charge on any atom is 0.122 e. The first-order chi connectivity index (χ1) is 9.85. The van der Waals surface area contributed by atoms with E-state index in [1.807, 2.05) is 24.7 Å². The maximum absolute atomic E-state index is 5.35. The van der Waals surface area contributed by atoms with E-state index in [0.29, 0.717) is 5.92 Å². The molecule has 5 heteroatoms. The van der Waals surface area contributed by atoms with E-state index in [4.69, 9.17) is 4.74 Å². The number of imidazole rings is 1. The number of fused-ring (bicyclic) bond motifs is 1. The van der Waals surface area contributed by atoms with E-state index in [0.717, 1.165) is 38.6 Å². The topological polar surface area (TPSA) is 43.2 Å². The van der Waals surface area contributed by atoms with Gasteiger partial charge in [-0.15, -0.1) is 0 Å². The summed E-state index contributed by atoms with van der Waals surface area (Å²) in [6.45, 7) is 4.56. The Balaban J connectivity index is 1.76. The van der Waals surface area contributed by atoms with Crippen molar-refractivity contribution in [3.05, 3.63) is 48.3 Å². The highest BCUT2D eigenvalue weighted by molar-refractivity contribution is 5.08. The highest BCUT2D eigenvalue weighted by Gasteiger charge is 2.22. The molecule has 2 aromatic rings. The maximum atomic E-state index is 5.35. The molecule has 0 fully saturated rings. The zero-order valence-electron chi connectivity index (χ0n) is 11.8. The third-order valence-electron chi connectivity index (χ3n) is 3.67. The second kappa shape index (κ2) is 6.15. The van der Waals surface area contributed by atoms with Crippen LogP contribution in [0.3, 0.4) is 0 Å². The molecule has 0 saturated heterocycles. The van der Waals surface area contributed by atoms with Crippen molar-refractivity contribution in [3.8, 4) is 0 Å². The van der Waals surface area contributed by atoms with Crippen LogP contribution in [-0.4, -0.2) is 39.7 Å². The molecule has 3 heterocycles. The van der Waals surface area contributed by atoms with Crippen molar-refractivity contribution in [1.29, 1.82) is 0 Å². The number of aromatic nitrogens is 3. The van der Waals surface area contributed by atoms with E-state index in [2.05, 4.69) is 31.7 Å². The molecule has 1 atom stereocenters. The van der Waals surface area contributed by atoms with Crippen LogP contribution in [0.4, 0.5) is 0 Å². The molecule has 2 aromatic heterocycles. The Bertz CT molecular complexity index is 540. The lowest BCUT2D eigenvalue weighted by molar-refractivity contribution is 0.115. The van der Waals surface area contributed by atoms with E-state index >= 15 is 0 Å². The van der Waals surface area contributed by atoms with Gasteiger partial charge in [-0.1, -0.05) is 6.07 Å². The van der Waals surface area contributed by atoms with Gasteiger partial charge in [-0.05, 0) is 11.6 Å². The van der Waals surface area contributed by atoms with Crippen LogP contribution in [0.15, 0.2) is 36.9 Å². The van der Waals surface area contributed by atoms with Crippen molar-refractivity contribution >= 4 is 0 Å². The second-order valence-corrected chi connectivity index (χ2v) is 5.35. The number of ether oxygens (including phenoxy) is 1. The first kappa shape index (κ1) is 13.3. The first-order valence-corrected chi connectivity index (χ1v) is 6.95. The van der Waals surface area contributed by atoms with Crippen LogP contribution in [-0.2, 0) is 24.4 Å². The minimum Gasteiger partial charge on any atom is -0.384 e. The Hall–Kier alpha value is -1.72. The summed E-state index contributed by atoms with van der Waals surface area (Å²) in [6.07, 6.45) is 7.69. The number of pyridine rings is 1. The molecule has 0 aromatic carbocycles. The summed E-state index contributed by atoms with van der Waals surface area (Å²) >= 11 is 0. The summed E-state index contributed by atoms with van der Waals surface area (Å²) < 4.78 is 7.60. The van der Waals surface area contributed by atoms with Gasteiger partial charge in [0, 0.05) is 57.4 Å². The summed E-state index contributed by atoms with van der Waals surface area (Å²) in [4.78, 5) is 11.1. The minimum atomic E-state index is 0.493. The van der Waals surface area contributed by atoms with E-state index in [1.165, 1.54) is 5.56 Å². The normalized spacial score (nSPS) is 19.6. The monoisotopic (exact) mass is 272 g/mol. The molecule has 5 nitrogen and oxygen atoms in total. The highest BCUT2D eigenvalue weighted by atomic mass is 16.5. The average molecular weight is 272 g/mol. The largest absolute Gasteiger partial charge is 0.384 e. The first-order valence-electron chi connectivity index (χ1n) is 6.95. The molecule has 0 saturated carbocycles. The molecule has 0 radical (unpaired) electrons. The van der Waals surface area contributed by atoms with Gasteiger partial charge in [0.05, 0.1) is 13.2 Å². The highest BCUT2D eigenvalue weighted by Crippen LogP contribution is 2.17. The summed E-state index contributed by atoms with van der Waals surface area (Å²) in [7, 11) is 1.77. The standard InChI is InChI=1S/C15H20N4O/c1-20-12-14-9-18(8-13-3-2-4-16-7-13)11-15-17-5-6-19(15)10-14/h2-7,14H,8-12H2,1H3/t14-/m1/s1. The van der Waals surface area contributed by atoms with E-state index in [1.54, 1.807) is 7.11 Å². The fourth-order valence-electron chi connectivity index (χ4n) is 2.83. The minimum absolute atomic E-state index is 0.493. The molecule has 1 aliphatic heterocycles. The van der Waals surface area contributed by atoms with E-state index < -0.39 is 0 Å². The van der Waals surface area contributed by atoms with Crippen molar-refractivity contribution in [2.45, 2.75) is 19.6 Å². The van der Waals surface area contributed by atoms with Crippen LogP contribution in [0, 0.1) is 5.92 Å². The Morgan fingerprint density at radius 1 is 1.35 bits per heavy atom. The molecule has 0 unspecified atom stereocenters. The van der Waals surface area contributed by atoms with Crippen LogP contribution in [0.5, 0.6) is 0 Å². The molecule has 20 heavy (non-hydrogen) atoms. The lowest BCUT2D eigenvalue weighted by Gasteiger charge is -2.23. The van der Waals surface area contributed by atoms with Gasteiger partial charge in [0.1, 0.15) is 5.82 Å². The summed E-state index contributed by atoms with van der Waals surface area (Å²) in [6, 6.07) is 4.11. The summed E-state index contributed by atoms with van der Waals surface area (Å²) in [5.74, 6) is 1.62. The van der Waals surface area contributed by atoms with Crippen molar-refractivity contribution in [2.75, 3.05) is 20.3 Å². The number of hydrogen-bond acceptors (Lipinski definition) is 4. The van der Waals surface area contributed by atoms with Crippen molar-refractivity contribution in [3.63, 3.8) is 0 Å². The molecular weight excluding hydrogens is 252 g/mol. The van der Waals surface area contributed by atoms with Crippen LogP contribution >= 0.6 is 0 Å². The Kier molecular flexibility index (Phi) is 4.08. The summed E-state index contributed by atoms with van der Waals surface area (Å²) in [5, 5.41) is 0. The van der Waals surface area contributed by atoms with E-state index in [9.17, 15) is 0 Å². The van der Waals surface area contributed by atoms with Crippen molar-refractivity contribution < 1.29 is 4.74 Å². The number of rotatable bonds is 4. The quantitative estimate of drug-likeness (QED) is 0.847. The molecule has 0 aliphatic carbocycles. The molecule has 3 rings (SSSR count). The van der Waals surface area contributed by atoms with Gasteiger partial charge in [-0.25, -0.2) is 4.98 Å². The Morgan fingerprint density at radius 3 is 3.10 bits per heavy atom. The fraction of sp³-hybridized carbons (Fsp3) is 0.467. The van der Waals surface area contributed by atoms with Gasteiger partial charge >= 0.3 is 0 Å². The predicted octanol–water partition coefficient (Wildman–Crippen LogP) is 1.56. The molecule has 1 aliphatic rings. The SMILES string of the molecule is COC[C@@H]1CN(Cc2cccnc2)Cc2nccn2C1. The average Bonchev–Trinajstić information content (AvgIpc) is 2.81. The van der Waals surface area contributed by atoms with Gasteiger partial charge in [0.15, 0.2) is 0 Å². The second-order valence-electron chi connectivity index (χ2n) is 5.35. The van der Waals surface area contributed by atoms with E-state index in [-0.39, 0.29) is 0 Å². The lowest BCUT2D eigenvalue weighted by Crippen LogP contribution is -2.29.